The minimum atomic E-state index is -0.433. The summed E-state index contributed by atoms with van der Waals surface area (Å²) in [7, 11) is 0. The number of nitrogens with one attached hydrogen (secondary N) is 1. The lowest BCUT2D eigenvalue weighted by Crippen LogP contribution is -2.63. The molecule has 2 atom stereocenters. The summed E-state index contributed by atoms with van der Waals surface area (Å²) in [5.74, 6) is -0.0354. The first-order chi connectivity index (χ1) is 9.13. The zero-order valence-electron chi connectivity index (χ0n) is 11.4. The van der Waals surface area contributed by atoms with Crippen LogP contribution in [0.3, 0.4) is 0 Å². The summed E-state index contributed by atoms with van der Waals surface area (Å²) in [6, 6.07) is 8.98. The van der Waals surface area contributed by atoms with Crippen LogP contribution in [0.2, 0.25) is 0 Å². The van der Waals surface area contributed by atoms with E-state index in [2.05, 4.69) is 5.32 Å². The van der Waals surface area contributed by atoms with Crippen LogP contribution in [0.25, 0.3) is 0 Å². The Morgan fingerprint density at radius 3 is 2.53 bits per heavy atom. The molecule has 19 heavy (non-hydrogen) atoms. The van der Waals surface area contributed by atoms with Crippen molar-refractivity contribution in [2.45, 2.75) is 38.8 Å². The quantitative estimate of drug-likeness (QED) is 0.888. The van der Waals surface area contributed by atoms with Crippen molar-refractivity contribution in [1.29, 1.82) is 0 Å². The molecule has 0 spiro atoms. The van der Waals surface area contributed by atoms with E-state index in [1.165, 1.54) is 0 Å². The standard InChI is InChI=1S/C15H20N2O2/c1-3-9-17-11(2)14(18)16-13(15(17)19)10-12-7-5-4-6-8-12/h4-8,11,13H,3,9-10H2,1-2H3,(H,16,18). The predicted molar refractivity (Wildman–Crippen MR) is 73.5 cm³/mol. The normalized spacial score (nSPS) is 23.4. The Kier molecular flexibility index (Phi) is 4.20. The number of piperazine rings is 1. The van der Waals surface area contributed by atoms with Crippen LogP contribution in [0.5, 0.6) is 0 Å². The van der Waals surface area contributed by atoms with Gasteiger partial charge in [0.15, 0.2) is 0 Å². The van der Waals surface area contributed by atoms with E-state index in [0.29, 0.717) is 13.0 Å². The molecule has 0 aliphatic carbocycles. The number of benzene rings is 1. The first-order valence-electron chi connectivity index (χ1n) is 6.78. The van der Waals surface area contributed by atoms with Gasteiger partial charge in [0.1, 0.15) is 12.1 Å². The second kappa shape index (κ2) is 5.87. The van der Waals surface area contributed by atoms with Crippen LogP contribution in [-0.4, -0.2) is 35.3 Å². The summed E-state index contributed by atoms with van der Waals surface area (Å²) < 4.78 is 0. The van der Waals surface area contributed by atoms with Crippen molar-refractivity contribution in [2.24, 2.45) is 0 Å². The molecule has 1 aliphatic heterocycles. The van der Waals surface area contributed by atoms with E-state index in [0.717, 1.165) is 12.0 Å². The molecule has 4 heteroatoms. The van der Waals surface area contributed by atoms with Gasteiger partial charge in [-0.05, 0) is 18.9 Å². The van der Waals surface area contributed by atoms with Gasteiger partial charge in [0.05, 0.1) is 0 Å². The number of carbonyl (C=O) groups excluding carboxylic acids is 2. The lowest BCUT2D eigenvalue weighted by atomic mass is 10.0. The van der Waals surface area contributed by atoms with Gasteiger partial charge >= 0.3 is 0 Å². The summed E-state index contributed by atoms with van der Waals surface area (Å²) in [5.41, 5.74) is 1.06. The Morgan fingerprint density at radius 1 is 1.21 bits per heavy atom. The van der Waals surface area contributed by atoms with Crippen LogP contribution in [-0.2, 0) is 16.0 Å². The molecule has 1 heterocycles. The number of carbonyl (C=O) groups is 2. The lowest BCUT2D eigenvalue weighted by molar-refractivity contribution is -0.148. The van der Waals surface area contributed by atoms with Crippen LogP contribution in [0, 0.1) is 0 Å². The molecule has 2 rings (SSSR count). The zero-order chi connectivity index (χ0) is 13.8. The Labute approximate surface area is 113 Å². The van der Waals surface area contributed by atoms with Crippen molar-refractivity contribution >= 4 is 11.8 Å². The second-order valence-electron chi connectivity index (χ2n) is 4.96. The maximum Gasteiger partial charge on any atom is 0.246 e. The first kappa shape index (κ1) is 13.6. The molecular formula is C15H20N2O2. The van der Waals surface area contributed by atoms with E-state index in [1.807, 2.05) is 37.3 Å². The van der Waals surface area contributed by atoms with E-state index in [4.69, 9.17) is 0 Å². The first-order valence-corrected chi connectivity index (χ1v) is 6.78. The molecule has 102 valence electrons. The molecule has 0 bridgehead atoms. The third kappa shape index (κ3) is 2.95. The highest BCUT2D eigenvalue weighted by Crippen LogP contribution is 2.14. The average Bonchev–Trinajstić information content (AvgIpc) is 2.42. The van der Waals surface area contributed by atoms with E-state index in [9.17, 15) is 9.59 Å². The van der Waals surface area contributed by atoms with Crippen molar-refractivity contribution in [1.82, 2.24) is 10.2 Å². The molecule has 1 fully saturated rings. The minimum absolute atomic E-state index is 0.0257. The molecule has 1 aromatic rings. The number of rotatable bonds is 4. The van der Waals surface area contributed by atoms with Crippen LogP contribution in [0.4, 0.5) is 0 Å². The Balaban J connectivity index is 2.12. The van der Waals surface area contributed by atoms with Crippen LogP contribution >= 0.6 is 0 Å². The SMILES string of the molecule is CCCN1C(=O)C(Cc2ccccc2)NC(=O)C1C. The van der Waals surface area contributed by atoms with Gasteiger partial charge in [-0.25, -0.2) is 0 Å². The lowest BCUT2D eigenvalue weighted by Gasteiger charge is -2.37. The summed E-state index contributed by atoms with van der Waals surface area (Å²) in [6.45, 7) is 4.43. The maximum atomic E-state index is 12.4. The summed E-state index contributed by atoms with van der Waals surface area (Å²) in [4.78, 5) is 26.0. The van der Waals surface area contributed by atoms with Crippen molar-refractivity contribution in [2.75, 3.05) is 6.54 Å². The third-order valence-electron chi connectivity index (χ3n) is 3.49. The summed E-state index contributed by atoms with van der Waals surface area (Å²) in [6.07, 6.45) is 1.42. The second-order valence-corrected chi connectivity index (χ2v) is 4.96. The van der Waals surface area contributed by atoms with Gasteiger partial charge in [-0.1, -0.05) is 37.3 Å². The molecule has 1 saturated heterocycles. The fourth-order valence-corrected chi connectivity index (χ4v) is 2.42. The molecule has 1 N–H and O–H groups in total. The van der Waals surface area contributed by atoms with Crippen LogP contribution in [0.1, 0.15) is 25.8 Å². The van der Waals surface area contributed by atoms with Gasteiger partial charge < -0.3 is 10.2 Å². The predicted octanol–water partition coefficient (Wildman–Crippen LogP) is 1.35. The molecule has 0 aromatic heterocycles. The molecule has 0 saturated carbocycles. The molecule has 4 nitrogen and oxygen atoms in total. The largest absolute Gasteiger partial charge is 0.342 e. The summed E-state index contributed by atoms with van der Waals surface area (Å²) >= 11 is 0. The fraction of sp³-hybridized carbons (Fsp3) is 0.467. The minimum Gasteiger partial charge on any atom is -0.342 e. The molecule has 1 aliphatic rings. The highest BCUT2D eigenvalue weighted by atomic mass is 16.2. The van der Waals surface area contributed by atoms with E-state index in [1.54, 1.807) is 11.8 Å². The Hall–Kier alpha value is -1.84. The Morgan fingerprint density at radius 2 is 1.89 bits per heavy atom. The van der Waals surface area contributed by atoms with Gasteiger partial charge in [0.2, 0.25) is 11.8 Å². The topological polar surface area (TPSA) is 49.4 Å². The van der Waals surface area contributed by atoms with E-state index >= 15 is 0 Å². The molecule has 2 unspecified atom stereocenters. The van der Waals surface area contributed by atoms with Crippen molar-refractivity contribution < 1.29 is 9.59 Å². The fourth-order valence-electron chi connectivity index (χ4n) is 2.42. The third-order valence-corrected chi connectivity index (χ3v) is 3.49. The van der Waals surface area contributed by atoms with Gasteiger partial charge in [0, 0.05) is 13.0 Å². The van der Waals surface area contributed by atoms with Crippen molar-refractivity contribution in [3.8, 4) is 0 Å². The molecule has 1 aromatic carbocycles. The van der Waals surface area contributed by atoms with Crippen LogP contribution < -0.4 is 5.32 Å². The van der Waals surface area contributed by atoms with Crippen molar-refractivity contribution in [3.63, 3.8) is 0 Å². The number of hydrogen-bond acceptors (Lipinski definition) is 2. The van der Waals surface area contributed by atoms with Crippen LogP contribution in [0.15, 0.2) is 30.3 Å². The van der Waals surface area contributed by atoms with Gasteiger partial charge in [0.25, 0.3) is 0 Å². The van der Waals surface area contributed by atoms with Gasteiger partial charge in [-0.3, -0.25) is 9.59 Å². The number of amides is 2. The average molecular weight is 260 g/mol. The Bertz CT molecular complexity index is 458. The number of hydrogen-bond donors (Lipinski definition) is 1. The molecular weight excluding hydrogens is 240 g/mol. The van der Waals surface area contributed by atoms with Crippen molar-refractivity contribution in [3.05, 3.63) is 35.9 Å². The van der Waals surface area contributed by atoms with E-state index in [-0.39, 0.29) is 17.9 Å². The highest BCUT2D eigenvalue weighted by Gasteiger charge is 2.37. The maximum absolute atomic E-state index is 12.4. The molecule has 0 radical (unpaired) electrons. The highest BCUT2D eigenvalue weighted by molar-refractivity contribution is 5.96. The van der Waals surface area contributed by atoms with Gasteiger partial charge in [-0.15, -0.1) is 0 Å². The van der Waals surface area contributed by atoms with E-state index < -0.39 is 6.04 Å². The summed E-state index contributed by atoms with van der Waals surface area (Å²) in [5, 5.41) is 2.82. The smallest absolute Gasteiger partial charge is 0.246 e. The molecule has 2 amide bonds. The zero-order valence-corrected chi connectivity index (χ0v) is 11.4. The monoisotopic (exact) mass is 260 g/mol. The van der Waals surface area contributed by atoms with Gasteiger partial charge in [-0.2, -0.15) is 0 Å². The number of nitrogens with zero attached hydrogens (tertiary/aromatic N) is 1.